The maximum atomic E-state index is 10.8. The van der Waals surface area contributed by atoms with Gasteiger partial charge < -0.3 is 9.47 Å². The zero-order valence-electron chi connectivity index (χ0n) is 9.77. The van der Waals surface area contributed by atoms with Crippen LogP contribution in [0.25, 0.3) is 0 Å². The number of esters is 2. The van der Waals surface area contributed by atoms with E-state index in [1.807, 2.05) is 12.2 Å². The van der Waals surface area contributed by atoms with Gasteiger partial charge in [0.1, 0.15) is 12.2 Å². The number of carbonyl (C=O) groups excluding carboxylic acids is 2. The zero-order valence-corrected chi connectivity index (χ0v) is 9.77. The van der Waals surface area contributed by atoms with E-state index in [1.165, 1.54) is 13.8 Å². The van der Waals surface area contributed by atoms with Gasteiger partial charge in [-0.25, -0.2) is 0 Å². The zero-order chi connectivity index (χ0) is 12.0. The fourth-order valence-electron chi connectivity index (χ4n) is 1.75. The monoisotopic (exact) mass is 226 g/mol. The molecular weight excluding hydrogens is 208 g/mol. The van der Waals surface area contributed by atoms with Crippen LogP contribution in [-0.4, -0.2) is 24.1 Å². The van der Waals surface area contributed by atoms with E-state index in [0.717, 1.165) is 25.7 Å². The summed E-state index contributed by atoms with van der Waals surface area (Å²) in [6.07, 6.45) is 6.88. The molecule has 4 nitrogen and oxygen atoms in total. The molecule has 0 aromatic heterocycles. The number of rotatable bonds is 2. The molecule has 1 aliphatic rings. The summed E-state index contributed by atoms with van der Waals surface area (Å²) in [6, 6.07) is 0. The molecule has 0 saturated heterocycles. The van der Waals surface area contributed by atoms with Crippen molar-refractivity contribution in [3.63, 3.8) is 0 Å². The van der Waals surface area contributed by atoms with E-state index < -0.39 is 0 Å². The van der Waals surface area contributed by atoms with E-state index in [9.17, 15) is 9.59 Å². The summed E-state index contributed by atoms with van der Waals surface area (Å²) in [5.74, 6) is -0.557. The van der Waals surface area contributed by atoms with Gasteiger partial charge in [-0.2, -0.15) is 0 Å². The Labute approximate surface area is 95.6 Å². The number of hydrogen-bond acceptors (Lipinski definition) is 4. The van der Waals surface area contributed by atoms with Crippen LogP contribution in [0.4, 0.5) is 0 Å². The fraction of sp³-hybridized carbons (Fsp3) is 0.667. The summed E-state index contributed by atoms with van der Waals surface area (Å²) in [5.41, 5.74) is 0. The van der Waals surface area contributed by atoms with Gasteiger partial charge in [0.15, 0.2) is 0 Å². The summed E-state index contributed by atoms with van der Waals surface area (Å²) >= 11 is 0. The average Bonchev–Trinajstić information content (AvgIpc) is 2.14. The van der Waals surface area contributed by atoms with Gasteiger partial charge in [-0.1, -0.05) is 0 Å². The maximum absolute atomic E-state index is 10.8. The van der Waals surface area contributed by atoms with E-state index in [-0.39, 0.29) is 24.1 Å². The molecule has 0 amide bonds. The van der Waals surface area contributed by atoms with Crippen molar-refractivity contribution >= 4 is 11.9 Å². The third-order valence-corrected chi connectivity index (χ3v) is 2.40. The Kier molecular flexibility index (Phi) is 5.02. The second-order valence-corrected chi connectivity index (χ2v) is 3.97. The third-order valence-electron chi connectivity index (χ3n) is 2.40. The first-order valence-electron chi connectivity index (χ1n) is 5.60. The molecule has 1 aliphatic carbocycles. The molecule has 0 unspecified atom stereocenters. The van der Waals surface area contributed by atoms with Gasteiger partial charge in [-0.15, -0.1) is 0 Å². The lowest BCUT2D eigenvalue weighted by atomic mass is 10.0. The van der Waals surface area contributed by atoms with Crippen LogP contribution in [0.5, 0.6) is 0 Å². The first kappa shape index (κ1) is 12.7. The van der Waals surface area contributed by atoms with Crippen molar-refractivity contribution in [2.75, 3.05) is 0 Å². The summed E-state index contributed by atoms with van der Waals surface area (Å²) in [4.78, 5) is 21.7. The van der Waals surface area contributed by atoms with Crippen LogP contribution in [0, 0.1) is 0 Å². The number of ether oxygens (including phenoxy) is 2. The van der Waals surface area contributed by atoms with Gasteiger partial charge in [0, 0.05) is 13.8 Å². The van der Waals surface area contributed by atoms with Crippen LogP contribution in [0.15, 0.2) is 12.2 Å². The molecule has 0 aromatic carbocycles. The van der Waals surface area contributed by atoms with Crippen LogP contribution in [0.2, 0.25) is 0 Å². The van der Waals surface area contributed by atoms with Gasteiger partial charge >= 0.3 is 11.9 Å². The molecule has 0 bridgehead atoms. The van der Waals surface area contributed by atoms with Gasteiger partial charge in [0.05, 0.1) is 0 Å². The van der Waals surface area contributed by atoms with E-state index >= 15 is 0 Å². The van der Waals surface area contributed by atoms with Gasteiger partial charge in [0.2, 0.25) is 0 Å². The molecule has 90 valence electrons. The molecule has 0 N–H and O–H groups in total. The van der Waals surface area contributed by atoms with Crippen LogP contribution >= 0.6 is 0 Å². The quantitative estimate of drug-likeness (QED) is 0.533. The first-order valence-corrected chi connectivity index (χ1v) is 5.60. The molecule has 0 spiro atoms. The smallest absolute Gasteiger partial charge is 0.303 e. The van der Waals surface area contributed by atoms with Gasteiger partial charge in [-0.3, -0.25) is 9.59 Å². The molecule has 0 saturated carbocycles. The molecule has 16 heavy (non-hydrogen) atoms. The van der Waals surface area contributed by atoms with Crippen LogP contribution in [-0.2, 0) is 19.1 Å². The van der Waals surface area contributed by atoms with E-state index in [0.29, 0.717) is 0 Å². The minimum atomic E-state index is -0.278. The minimum absolute atomic E-state index is 0.184. The first-order chi connectivity index (χ1) is 7.58. The summed E-state index contributed by atoms with van der Waals surface area (Å²) in [5, 5.41) is 0. The Morgan fingerprint density at radius 1 is 0.938 bits per heavy atom. The highest BCUT2D eigenvalue weighted by molar-refractivity contribution is 5.66. The predicted molar refractivity (Wildman–Crippen MR) is 58.7 cm³/mol. The molecule has 1 rings (SSSR count). The molecule has 2 atom stereocenters. The molecular formula is C12H18O4. The normalized spacial score (nSPS) is 27.4. The molecule has 0 radical (unpaired) electrons. The Morgan fingerprint density at radius 2 is 1.31 bits per heavy atom. The Balaban J connectivity index is 2.54. The van der Waals surface area contributed by atoms with Crippen molar-refractivity contribution in [1.29, 1.82) is 0 Å². The SMILES string of the molecule is CC(=O)O[C@@H]1/C=C\[C@H](OC(C)=O)CCCC1. The van der Waals surface area contributed by atoms with Crippen LogP contribution < -0.4 is 0 Å². The number of hydrogen-bond donors (Lipinski definition) is 0. The minimum Gasteiger partial charge on any atom is -0.458 e. The standard InChI is InChI=1S/C12H18O4/c1-9(13)15-11-5-3-4-6-12(8-7-11)16-10(2)14/h7-8,11-12H,3-6H2,1-2H3/b8-7-/t11-,12+. The Bertz CT molecular complexity index is 255. The van der Waals surface area contributed by atoms with Crippen molar-refractivity contribution in [2.45, 2.75) is 51.7 Å². The predicted octanol–water partition coefficient (Wildman–Crippen LogP) is 1.98. The largest absolute Gasteiger partial charge is 0.458 e. The van der Waals surface area contributed by atoms with Crippen molar-refractivity contribution in [1.82, 2.24) is 0 Å². The fourth-order valence-corrected chi connectivity index (χ4v) is 1.75. The van der Waals surface area contributed by atoms with Crippen molar-refractivity contribution < 1.29 is 19.1 Å². The molecule has 0 heterocycles. The highest BCUT2D eigenvalue weighted by Crippen LogP contribution is 2.16. The van der Waals surface area contributed by atoms with E-state index in [1.54, 1.807) is 0 Å². The Morgan fingerprint density at radius 3 is 1.62 bits per heavy atom. The van der Waals surface area contributed by atoms with Crippen molar-refractivity contribution in [3.05, 3.63) is 12.2 Å². The lowest BCUT2D eigenvalue weighted by Gasteiger charge is -2.19. The average molecular weight is 226 g/mol. The highest BCUT2D eigenvalue weighted by atomic mass is 16.5. The summed E-state index contributed by atoms with van der Waals surface area (Å²) in [7, 11) is 0. The van der Waals surface area contributed by atoms with Crippen molar-refractivity contribution in [3.8, 4) is 0 Å². The van der Waals surface area contributed by atoms with Crippen LogP contribution in [0.1, 0.15) is 39.5 Å². The lowest BCUT2D eigenvalue weighted by Crippen LogP contribution is -2.19. The summed E-state index contributed by atoms with van der Waals surface area (Å²) in [6.45, 7) is 2.80. The number of carbonyl (C=O) groups is 2. The van der Waals surface area contributed by atoms with Gasteiger partial charge in [0.25, 0.3) is 0 Å². The highest BCUT2D eigenvalue weighted by Gasteiger charge is 2.15. The second-order valence-electron chi connectivity index (χ2n) is 3.97. The van der Waals surface area contributed by atoms with E-state index in [4.69, 9.17) is 9.47 Å². The Hall–Kier alpha value is -1.32. The van der Waals surface area contributed by atoms with E-state index in [2.05, 4.69) is 0 Å². The van der Waals surface area contributed by atoms with Gasteiger partial charge in [-0.05, 0) is 37.8 Å². The third kappa shape index (κ3) is 4.96. The van der Waals surface area contributed by atoms with Crippen LogP contribution in [0.3, 0.4) is 0 Å². The maximum Gasteiger partial charge on any atom is 0.303 e. The van der Waals surface area contributed by atoms with Crippen molar-refractivity contribution in [2.24, 2.45) is 0 Å². The molecule has 0 fully saturated rings. The second kappa shape index (κ2) is 6.30. The topological polar surface area (TPSA) is 52.6 Å². The molecule has 4 heteroatoms. The lowest BCUT2D eigenvalue weighted by molar-refractivity contribution is -0.146. The molecule has 0 aromatic rings. The molecule has 0 aliphatic heterocycles. The summed E-state index contributed by atoms with van der Waals surface area (Å²) < 4.78 is 10.2.